The van der Waals surface area contributed by atoms with Gasteiger partial charge in [0, 0.05) is 18.5 Å². The van der Waals surface area contributed by atoms with Gasteiger partial charge in [-0.2, -0.15) is 0 Å². The number of rotatable bonds is 4. The van der Waals surface area contributed by atoms with Crippen molar-refractivity contribution in [3.05, 3.63) is 41.5 Å². The van der Waals surface area contributed by atoms with Crippen LogP contribution in [0.15, 0.2) is 30.3 Å². The van der Waals surface area contributed by atoms with Gasteiger partial charge in [0.15, 0.2) is 23.0 Å². The highest BCUT2D eigenvalue weighted by molar-refractivity contribution is 5.94. The summed E-state index contributed by atoms with van der Waals surface area (Å²) in [7, 11) is 6.76. The van der Waals surface area contributed by atoms with E-state index in [1.807, 2.05) is 0 Å². The minimum absolute atomic E-state index is 0.310. The maximum absolute atomic E-state index is 5.64. The van der Waals surface area contributed by atoms with Crippen molar-refractivity contribution in [3.8, 4) is 34.1 Å². The average molecular weight is 393 g/mol. The fourth-order valence-electron chi connectivity index (χ4n) is 5.22. The Kier molecular flexibility index (Phi) is 4.43. The fraction of sp³-hybridized carbons (Fsp3) is 0.417. The molecule has 0 spiro atoms. The van der Waals surface area contributed by atoms with Gasteiger partial charge in [-0.25, -0.2) is 0 Å². The molecule has 0 aromatic heterocycles. The van der Waals surface area contributed by atoms with Gasteiger partial charge < -0.3 is 18.9 Å². The zero-order valence-corrected chi connectivity index (χ0v) is 17.5. The molecule has 2 heterocycles. The maximum atomic E-state index is 5.64. The van der Waals surface area contributed by atoms with E-state index in [1.165, 1.54) is 41.6 Å². The molecule has 1 unspecified atom stereocenters. The lowest BCUT2D eigenvalue weighted by Crippen LogP contribution is -2.37. The minimum Gasteiger partial charge on any atom is -0.493 e. The van der Waals surface area contributed by atoms with Gasteiger partial charge in [0.2, 0.25) is 0 Å². The zero-order chi connectivity index (χ0) is 20.1. The van der Waals surface area contributed by atoms with Crippen LogP contribution < -0.4 is 18.9 Å². The number of hydrogen-bond acceptors (Lipinski definition) is 5. The largest absolute Gasteiger partial charge is 0.493 e. The van der Waals surface area contributed by atoms with Gasteiger partial charge in [0.1, 0.15) is 0 Å². The number of benzene rings is 2. The molecule has 1 saturated heterocycles. The lowest BCUT2D eigenvalue weighted by molar-refractivity contribution is 0.273. The van der Waals surface area contributed by atoms with Crippen LogP contribution in [0.2, 0.25) is 0 Å². The number of nitrogens with zero attached hydrogens (tertiary/aromatic N) is 1. The van der Waals surface area contributed by atoms with Gasteiger partial charge in [-0.3, -0.25) is 4.90 Å². The van der Waals surface area contributed by atoms with E-state index in [1.54, 1.807) is 28.4 Å². The first-order valence-corrected chi connectivity index (χ1v) is 10.2. The summed E-state index contributed by atoms with van der Waals surface area (Å²) in [5.41, 5.74) is 6.26. The smallest absolute Gasteiger partial charge is 0.161 e. The molecule has 0 amide bonds. The third-order valence-corrected chi connectivity index (χ3v) is 6.63. The Morgan fingerprint density at radius 1 is 0.759 bits per heavy atom. The molecule has 29 heavy (non-hydrogen) atoms. The van der Waals surface area contributed by atoms with Crippen LogP contribution in [0.4, 0.5) is 0 Å². The van der Waals surface area contributed by atoms with E-state index in [-0.39, 0.29) is 0 Å². The van der Waals surface area contributed by atoms with Crippen molar-refractivity contribution in [1.29, 1.82) is 0 Å². The summed E-state index contributed by atoms with van der Waals surface area (Å²) in [6.45, 7) is 2.21. The first-order valence-electron chi connectivity index (χ1n) is 10.2. The monoisotopic (exact) mass is 393 g/mol. The molecule has 2 aliphatic heterocycles. The van der Waals surface area contributed by atoms with Crippen molar-refractivity contribution >= 4 is 5.57 Å². The topological polar surface area (TPSA) is 40.2 Å². The molecule has 0 bridgehead atoms. The van der Waals surface area contributed by atoms with E-state index in [2.05, 4.69) is 35.2 Å². The molecule has 2 atom stereocenters. The van der Waals surface area contributed by atoms with Crippen LogP contribution in [0.1, 0.15) is 29.9 Å². The van der Waals surface area contributed by atoms with Crippen LogP contribution >= 0.6 is 0 Å². The summed E-state index contributed by atoms with van der Waals surface area (Å²) in [5, 5.41) is 0. The fourth-order valence-corrected chi connectivity index (χ4v) is 5.22. The standard InChI is InChI=1S/C24H27NO4/c1-26-21-9-16-15-8-14-6-5-7-25(14)13-20(15)19-12-24(29-4)23(28-3)11-18(19)17(16)10-22(21)27-2/h8-12,14,20H,5-7,13H2,1-4H3/t14-,20?/m0/s1. The maximum Gasteiger partial charge on any atom is 0.161 e. The Morgan fingerprint density at radius 2 is 1.34 bits per heavy atom. The summed E-state index contributed by atoms with van der Waals surface area (Å²) in [5.74, 6) is 3.34. The molecule has 2 aromatic rings. The number of hydrogen-bond donors (Lipinski definition) is 0. The molecule has 0 radical (unpaired) electrons. The summed E-state index contributed by atoms with van der Waals surface area (Å²) in [6.07, 6.45) is 4.97. The van der Waals surface area contributed by atoms with Crippen molar-refractivity contribution in [2.75, 3.05) is 41.5 Å². The Balaban J connectivity index is 1.79. The molecule has 5 heteroatoms. The number of fused-ring (bicyclic) bond motifs is 7. The number of methoxy groups -OCH3 is 4. The highest BCUT2D eigenvalue weighted by Crippen LogP contribution is 2.54. The Morgan fingerprint density at radius 3 is 2.00 bits per heavy atom. The van der Waals surface area contributed by atoms with E-state index in [4.69, 9.17) is 18.9 Å². The first kappa shape index (κ1) is 18.4. The van der Waals surface area contributed by atoms with Crippen LogP contribution in [0, 0.1) is 0 Å². The zero-order valence-electron chi connectivity index (χ0n) is 17.5. The second kappa shape index (κ2) is 6.99. The quantitative estimate of drug-likeness (QED) is 0.773. The summed E-state index contributed by atoms with van der Waals surface area (Å²) >= 11 is 0. The Bertz CT molecular complexity index is 997. The van der Waals surface area contributed by atoms with Crippen molar-refractivity contribution in [3.63, 3.8) is 0 Å². The molecule has 5 rings (SSSR count). The predicted molar refractivity (Wildman–Crippen MR) is 113 cm³/mol. The van der Waals surface area contributed by atoms with Gasteiger partial charge in [0.05, 0.1) is 28.4 Å². The van der Waals surface area contributed by atoms with Crippen molar-refractivity contribution < 1.29 is 18.9 Å². The second-order valence-corrected chi connectivity index (χ2v) is 7.93. The molecular weight excluding hydrogens is 366 g/mol. The molecular formula is C24H27NO4. The molecule has 1 aliphatic carbocycles. The molecule has 3 aliphatic rings. The SMILES string of the molecule is COc1cc2c(cc1OC)-c1cc(OC)c(OC)cc1C1CN3CCC[C@H]3C=C21. The van der Waals surface area contributed by atoms with E-state index in [0.717, 1.165) is 35.1 Å². The molecule has 152 valence electrons. The van der Waals surface area contributed by atoms with Crippen molar-refractivity contribution in [2.45, 2.75) is 24.8 Å². The van der Waals surface area contributed by atoms with Crippen LogP contribution in [0.3, 0.4) is 0 Å². The predicted octanol–water partition coefficient (Wildman–Crippen LogP) is 4.35. The van der Waals surface area contributed by atoms with Gasteiger partial charge >= 0.3 is 0 Å². The third kappa shape index (κ3) is 2.71. The first-order chi connectivity index (χ1) is 14.2. The Hall–Kier alpha value is -2.66. The lowest BCUT2D eigenvalue weighted by Gasteiger charge is -2.40. The van der Waals surface area contributed by atoms with Crippen molar-refractivity contribution in [2.24, 2.45) is 0 Å². The lowest BCUT2D eigenvalue weighted by atomic mass is 9.72. The third-order valence-electron chi connectivity index (χ3n) is 6.63. The molecule has 1 fully saturated rings. The van der Waals surface area contributed by atoms with Crippen LogP contribution in [0.25, 0.3) is 16.7 Å². The molecule has 0 N–H and O–H groups in total. The van der Waals surface area contributed by atoms with Crippen LogP contribution in [-0.4, -0.2) is 52.5 Å². The average Bonchev–Trinajstić information content (AvgIpc) is 3.23. The van der Waals surface area contributed by atoms with E-state index >= 15 is 0 Å². The van der Waals surface area contributed by atoms with Gasteiger partial charge in [-0.15, -0.1) is 0 Å². The van der Waals surface area contributed by atoms with Crippen LogP contribution in [-0.2, 0) is 0 Å². The normalized spacial score (nSPS) is 22.0. The highest BCUT2D eigenvalue weighted by Gasteiger charge is 2.39. The van der Waals surface area contributed by atoms with Gasteiger partial charge in [0.25, 0.3) is 0 Å². The van der Waals surface area contributed by atoms with Gasteiger partial charge in [-0.1, -0.05) is 6.08 Å². The molecule has 5 nitrogen and oxygen atoms in total. The summed E-state index contributed by atoms with van der Waals surface area (Å²) < 4.78 is 22.5. The minimum atomic E-state index is 0.310. The summed E-state index contributed by atoms with van der Waals surface area (Å²) in [6, 6.07) is 9.02. The van der Waals surface area contributed by atoms with E-state index < -0.39 is 0 Å². The van der Waals surface area contributed by atoms with E-state index in [9.17, 15) is 0 Å². The number of ether oxygens (including phenoxy) is 4. The highest BCUT2D eigenvalue weighted by atomic mass is 16.5. The van der Waals surface area contributed by atoms with Crippen LogP contribution in [0.5, 0.6) is 23.0 Å². The Labute approximate surface area is 171 Å². The molecule has 2 aromatic carbocycles. The van der Waals surface area contributed by atoms with Crippen molar-refractivity contribution in [1.82, 2.24) is 4.90 Å². The second-order valence-electron chi connectivity index (χ2n) is 7.93. The molecule has 0 saturated carbocycles. The van der Waals surface area contributed by atoms with Gasteiger partial charge in [-0.05, 0) is 71.5 Å². The van der Waals surface area contributed by atoms with E-state index in [0.29, 0.717) is 12.0 Å². The summed E-state index contributed by atoms with van der Waals surface area (Å²) in [4.78, 5) is 2.61.